The molecule has 2 rings (SSSR count). The van der Waals surface area contributed by atoms with Gasteiger partial charge < -0.3 is 10.2 Å². The first-order chi connectivity index (χ1) is 15.6. The number of benzene rings is 1. The summed E-state index contributed by atoms with van der Waals surface area (Å²) in [5, 5.41) is 3.42. The van der Waals surface area contributed by atoms with Crippen LogP contribution in [0.5, 0.6) is 0 Å². The molecule has 0 heterocycles. The minimum atomic E-state index is 0.111. The molecule has 33 heavy (non-hydrogen) atoms. The predicted octanol–water partition coefficient (Wildman–Crippen LogP) is 9.34. The van der Waals surface area contributed by atoms with Gasteiger partial charge in [-0.15, -0.1) is 0 Å². The summed E-state index contributed by atoms with van der Waals surface area (Å²) < 4.78 is 0. The van der Waals surface area contributed by atoms with Crippen molar-refractivity contribution in [1.82, 2.24) is 4.90 Å². The number of anilines is 1. The molecule has 0 saturated heterocycles. The van der Waals surface area contributed by atoms with Gasteiger partial charge in [-0.1, -0.05) is 99.3 Å². The van der Waals surface area contributed by atoms with Gasteiger partial charge in [-0.3, -0.25) is 0 Å². The van der Waals surface area contributed by atoms with E-state index < -0.39 is 0 Å². The normalized spacial score (nSPS) is 19.2. The van der Waals surface area contributed by atoms with Crippen LogP contribution in [-0.2, 0) is 0 Å². The summed E-state index contributed by atoms with van der Waals surface area (Å²) in [6.45, 7) is 19.1. The van der Waals surface area contributed by atoms with Gasteiger partial charge in [0.25, 0.3) is 0 Å². The van der Waals surface area contributed by atoms with E-state index >= 15 is 0 Å². The van der Waals surface area contributed by atoms with Gasteiger partial charge in [0.15, 0.2) is 0 Å². The third-order valence-electron chi connectivity index (χ3n) is 7.73. The fraction of sp³-hybridized carbons (Fsp3) is 0.767. The van der Waals surface area contributed by atoms with Crippen LogP contribution in [0.3, 0.4) is 0 Å². The third kappa shape index (κ3) is 8.04. The third-order valence-corrected chi connectivity index (χ3v) is 7.73. The number of unbranched alkanes of at least 4 members (excludes halogenated alkanes) is 4. The highest BCUT2D eigenvalue weighted by Gasteiger charge is 2.33. The Hall–Kier alpha value is -1.51. The zero-order chi connectivity index (χ0) is 24.6. The predicted molar refractivity (Wildman–Crippen MR) is 144 cm³/mol. The highest BCUT2D eigenvalue weighted by molar-refractivity contribution is 5.91. The van der Waals surface area contributed by atoms with Crippen molar-refractivity contribution in [2.45, 2.75) is 131 Å². The number of nitrogens with zero attached hydrogens (tertiary/aromatic N) is 1. The molecule has 1 aromatic rings. The second kappa shape index (κ2) is 12.8. The molecule has 1 N–H and O–H groups in total. The Morgan fingerprint density at radius 2 is 1.48 bits per heavy atom. The van der Waals surface area contributed by atoms with Crippen molar-refractivity contribution in [3.8, 4) is 0 Å². The lowest BCUT2D eigenvalue weighted by atomic mass is 9.71. The van der Waals surface area contributed by atoms with Gasteiger partial charge in [0, 0.05) is 18.3 Å². The Morgan fingerprint density at radius 1 is 0.939 bits per heavy atom. The number of carbonyl (C=O) groups is 1. The molecular weight excluding hydrogens is 404 g/mol. The van der Waals surface area contributed by atoms with Crippen LogP contribution in [-0.4, -0.2) is 23.5 Å². The molecule has 0 aromatic heterocycles. The molecule has 1 aromatic carbocycles. The maximum atomic E-state index is 13.8. The van der Waals surface area contributed by atoms with Gasteiger partial charge in [0.1, 0.15) is 0 Å². The number of carbonyl (C=O) groups excluding carboxylic acids is 1. The number of urea groups is 1. The SMILES string of the molecule is CCCCCCCN(C(=O)Nc1c(C(C)C)cccc1C(C)C)C1CCC(C(C)(C)C)CC1. The molecular formula is C30H52N2O. The minimum Gasteiger partial charge on any atom is -0.322 e. The van der Waals surface area contributed by atoms with Crippen molar-refractivity contribution < 1.29 is 4.79 Å². The van der Waals surface area contributed by atoms with Crippen molar-refractivity contribution in [1.29, 1.82) is 0 Å². The Balaban J connectivity index is 2.20. The van der Waals surface area contributed by atoms with Gasteiger partial charge in [-0.05, 0) is 66.4 Å². The fourth-order valence-corrected chi connectivity index (χ4v) is 5.46. The Kier molecular flexibility index (Phi) is 10.8. The molecule has 0 aliphatic heterocycles. The smallest absolute Gasteiger partial charge is 0.322 e. The van der Waals surface area contributed by atoms with Crippen LogP contribution in [0.1, 0.15) is 136 Å². The van der Waals surface area contributed by atoms with E-state index in [0.29, 0.717) is 23.3 Å². The summed E-state index contributed by atoms with van der Waals surface area (Å²) in [6.07, 6.45) is 10.9. The van der Waals surface area contributed by atoms with E-state index in [0.717, 1.165) is 37.4 Å². The number of para-hydroxylation sites is 1. The zero-order valence-corrected chi connectivity index (χ0v) is 23.0. The summed E-state index contributed by atoms with van der Waals surface area (Å²) in [5.41, 5.74) is 3.90. The molecule has 188 valence electrons. The van der Waals surface area contributed by atoms with E-state index in [9.17, 15) is 4.79 Å². The number of rotatable bonds is 10. The summed E-state index contributed by atoms with van der Waals surface area (Å²) in [5.74, 6) is 1.52. The van der Waals surface area contributed by atoms with Crippen molar-refractivity contribution in [2.75, 3.05) is 11.9 Å². The van der Waals surface area contributed by atoms with E-state index in [1.54, 1.807) is 0 Å². The summed E-state index contributed by atoms with van der Waals surface area (Å²) in [4.78, 5) is 16.0. The van der Waals surface area contributed by atoms with E-state index in [1.165, 1.54) is 49.7 Å². The zero-order valence-electron chi connectivity index (χ0n) is 23.0. The Bertz CT molecular complexity index is 697. The van der Waals surface area contributed by atoms with E-state index in [2.05, 4.69) is 83.8 Å². The first-order valence-corrected chi connectivity index (χ1v) is 13.8. The second-order valence-electron chi connectivity index (χ2n) is 12.0. The maximum absolute atomic E-state index is 13.8. The number of hydrogen-bond acceptors (Lipinski definition) is 1. The van der Waals surface area contributed by atoms with Crippen LogP contribution in [0.15, 0.2) is 18.2 Å². The molecule has 1 saturated carbocycles. The number of amides is 2. The molecule has 3 nitrogen and oxygen atoms in total. The van der Waals surface area contributed by atoms with Crippen LogP contribution in [0.2, 0.25) is 0 Å². The molecule has 2 amide bonds. The average Bonchev–Trinajstić information content (AvgIpc) is 2.75. The first kappa shape index (κ1) is 27.7. The van der Waals surface area contributed by atoms with Crippen molar-refractivity contribution in [3.05, 3.63) is 29.3 Å². The van der Waals surface area contributed by atoms with Gasteiger partial charge >= 0.3 is 6.03 Å². The lowest BCUT2D eigenvalue weighted by Gasteiger charge is -2.41. The second-order valence-corrected chi connectivity index (χ2v) is 12.0. The van der Waals surface area contributed by atoms with E-state index in [1.807, 2.05) is 0 Å². The largest absolute Gasteiger partial charge is 0.322 e. The van der Waals surface area contributed by atoms with Crippen molar-refractivity contribution >= 4 is 11.7 Å². The van der Waals surface area contributed by atoms with E-state index in [4.69, 9.17) is 0 Å². The van der Waals surface area contributed by atoms with Crippen LogP contribution >= 0.6 is 0 Å². The van der Waals surface area contributed by atoms with Gasteiger partial charge in [-0.25, -0.2) is 4.79 Å². The number of hydrogen-bond donors (Lipinski definition) is 1. The molecule has 1 aliphatic carbocycles. The van der Waals surface area contributed by atoms with Crippen LogP contribution in [0.25, 0.3) is 0 Å². The maximum Gasteiger partial charge on any atom is 0.322 e. The molecule has 3 heteroatoms. The fourth-order valence-electron chi connectivity index (χ4n) is 5.46. The molecule has 0 radical (unpaired) electrons. The van der Waals surface area contributed by atoms with Crippen molar-refractivity contribution in [3.63, 3.8) is 0 Å². The molecule has 1 aliphatic rings. The highest BCUT2D eigenvalue weighted by atomic mass is 16.2. The summed E-state index contributed by atoms with van der Waals surface area (Å²) in [6, 6.07) is 6.97. The first-order valence-electron chi connectivity index (χ1n) is 13.8. The molecule has 1 fully saturated rings. The van der Waals surface area contributed by atoms with Crippen LogP contribution in [0.4, 0.5) is 10.5 Å². The lowest BCUT2D eigenvalue weighted by Crippen LogP contribution is -2.46. The minimum absolute atomic E-state index is 0.111. The Morgan fingerprint density at radius 3 is 1.97 bits per heavy atom. The van der Waals surface area contributed by atoms with Gasteiger partial charge in [-0.2, -0.15) is 0 Å². The summed E-state index contributed by atoms with van der Waals surface area (Å²) >= 11 is 0. The highest BCUT2D eigenvalue weighted by Crippen LogP contribution is 2.39. The summed E-state index contributed by atoms with van der Waals surface area (Å²) in [7, 11) is 0. The lowest BCUT2D eigenvalue weighted by molar-refractivity contribution is 0.112. The van der Waals surface area contributed by atoms with Crippen LogP contribution in [0, 0.1) is 11.3 Å². The van der Waals surface area contributed by atoms with Gasteiger partial charge in [0.2, 0.25) is 0 Å². The monoisotopic (exact) mass is 456 g/mol. The van der Waals surface area contributed by atoms with E-state index in [-0.39, 0.29) is 6.03 Å². The standard InChI is InChI=1S/C30H52N2O/c1-9-10-11-12-13-21-32(25-19-17-24(18-20-25)30(6,7)8)29(33)31-28-26(22(2)3)15-14-16-27(28)23(4)5/h14-16,22-25H,9-13,17-21H2,1-8H3,(H,31,33). The molecule has 0 spiro atoms. The average molecular weight is 457 g/mol. The topological polar surface area (TPSA) is 32.3 Å². The van der Waals surface area contributed by atoms with Gasteiger partial charge in [0.05, 0.1) is 0 Å². The van der Waals surface area contributed by atoms with Crippen molar-refractivity contribution in [2.24, 2.45) is 11.3 Å². The molecule has 0 unspecified atom stereocenters. The molecule has 0 bridgehead atoms. The van der Waals surface area contributed by atoms with Crippen LogP contribution < -0.4 is 5.32 Å². The Labute approximate surface area is 205 Å². The molecule has 0 atom stereocenters. The quantitative estimate of drug-likeness (QED) is 0.349. The number of nitrogens with one attached hydrogen (secondary N) is 1.